The molecular weight excluding hydrogens is 188 g/mol. The fourth-order valence-corrected chi connectivity index (χ4v) is 1.87. The van der Waals surface area contributed by atoms with Crippen LogP contribution in [0.25, 0.3) is 0 Å². The molecule has 1 aromatic rings. The third kappa shape index (κ3) is 3.32. The van der Waals surface area contributed by atoms with E-state index < -0.39 is 0 Å². The standard InChI is InChI=1S/C11H22N4/c1-4-5-6-7-10(13-12)11-8-9(2)14-15(11)3/h8,10,13H,4-7,12H2,1-3H3. The highest BCUT2D eigenvalue weighted by Crippen LogP contribution is 2.19. The van der Waals surface area contributed by atoms with Crippen molar-refractivity contribution in [2.24, 2.45) is 12.9 Å². The van der Waals surface area contributed by atoms with Gasteiger partial charge in [0.1, 0.15) is 0 Å². The first-order valence-corrected chi connectivity index (χ1v) is 5.65. The van der Waals surface area contributed by atoms with Crippen molar-refractivity contribution in [3.63, 3.8) is 0 Å². The van der Waals surface area contributed by atoms with E-state index >= 15 is 0 Å². The van der Waals surface area contributed by atoms with E-state index in [9.17, 15) is 0 Å². The first-order valence-electron chi connectivity index (χ1n) is 5.65. The van der Waals surface area contributed by atoms with Gasteiger partial charge in [0.2, 0.25) is 0 Å². The van der Waals surface area contributed by atoms with Crippen molar-refractivity contribution >= 4 is 0 Å². The van der Waals surface area contributed by atoms with Gasteiger partial charge < -0.3 is 0 Å². The Bertz CT molecular complexity index is 293. The summed E-state index contributed by atoms with van der Waals surface area (Å²) in [6, 6.07) is 2.32. The molecule has 4 nitrogen and oxygen atoms in total. The number of rotatable bonds is 6. The van der Waals surface area contributed by atoms with Gasteiger partial charge in [-0.1, -0.05) is 26.2 Å². The smallest absolute Gasteiger partial charge is 0.0629 e. The van der Waals surface area contributed by atoms with Crippen LogP contribution >= 0.6 is 0 Å². The minimum absolute atomic E-state index is 0.225. The van der Waals surface area contributed by atoms with E-state index in [0.717, 1.165) is 12.1 Å². The Morgan fingerprint density at radius 1 is 1.53 bits per heavy atom. The second-order valence-electron chi connectivity index (χ2n) is 4.05. The Kier molecular flexibility index (Phi) is 4.78. The number of hydrogen-bond donors (Lipinski definition) is 2. The summed E-state index contributed by atoms with van der Waals surface area (Å²) in [6.45, 7) is 4.21. The average Bonchev–Trinajstić information content (AvgIpc) is 2.53. The lowest BCUT2D eigenvalue weighted by atomic mass is 10.1. The third-order valence-electron chi connectivity index (χ3n) is 2.69. The van der Waals surface area contributed by atoms with Crippen LogP contribution in [0.15, 0.2) is 6.07 Å². The third-order valence-corrected chi connectivity index (χ3v) is 2.69. The topological polar surface area (TPSA) is 55.9 Å². The van der Waals surface area contributed by atoms with Crippen LogP contribution in [0.2, 0.25) is 0 Å². The van der Waals surface area contributed by atoms with Gasteiger partial charge in [-0.15, -0.1) is 0 Å². The summed E-state index contributed by atoms with van der Waals surface area (Å²) in [7, 11) is 1.96. The molecule has 1 atom stereocenters. The number of hydrazine groups is 1. The minimum atomic E-state index is 0.225. The highest BCUT2D eigenvalue weighted by Gasteiger charge is 2.13. The molecule has 15 heavy (non-hydrogen) atoms. The fraction of sp³-hybridized carbons (Fsp3) is 0.727. The average molecular weight is 210 g/mol. The zero-order valence-corrected chi connectivity index (χ0v) is 9.95. The van der Waals surface area contributed by atoms with Gasteiger partial charge in [-0.25, -0.2) is 0 Å². The van der Waals surface area contributed by atoms with Crippen molar-refractivity contribution in [2.75, 3.05) is 0 Å². The number of aryl methyl sites for hydroxylation is 2. The van der Waals surface area contributed by atoms with E-state index in [0.29, 0.717) is 0 Å². The van der Waals surface area contributed by atoms with Crippen LogP contribution in [0.3, 0.4) is 0 Å². The number of nitrogens with two attached hydrogens (primary N) is 1. The summed E-state index contributed by atoms with van der Waals surface area (Å²) >= 11 is 0. The van der Waals surface area contributed by atoms with Crippen LogP contribution < -0.4 is 11.3 Å². The van der Waals surface area contributed by atoms with Crippen molar-refractivity contribution in [1.29, 1.82) is 0 Å². The summed E-state index contributed by atoms with van der Waals surface area (Å²) in [6.07, 6.45) is 4.77. The van der Waals surface area contributed by atoms with Crippen LogP contribution in [-0.4, -0.2) is 9.78 Å². The molecule has 86 valence electrons. The molecule has 0 fully saturated rings. The fourth-order valence-electron chi connectivity index (χ4n) is 1.87. The SMILES string of the molecule is CCCCCC(NN)c1cc(C)nn1C. The van der Waals surface area contributed by atoms with Crippen LogP contribution in [0, 0.1) is 6.92 Å². The van der Waals surface area contributed by atoms with Gasteiger partial charge in [-0.2, -0.15) is 5.10 Å². The molecule has 0 saturated heterocycles. The Morgan fingerprint density at radius 2 is 2.27 bits per heavy atom. The second-order valence-corrected chi connectivity index (χ2v) is 4.05. The maximum Gasteiger partial charge on any atom is 0.0629 e. The number of aromatic nitrogens is 2. The Hall–Kier alpha value is -0.870. The first-order chi connectivity index (χ1) is 7.19. The first kappa shape index (κ1) is 12.2. The molecule has 1 rings (SSSR count). The zero-order chi connectivity index (χ0) is 11.3. The molecule has 1 unspecified atom stereocenters. The molecule has 1 aromatic heterocycles. The monoisotopic (exact) mass is 210 g/mol. The van der Waals surface area contributed by atoms with Crippen molar-refractivity contribution < 1.29 is 0 Å². The van der Waals surface area contributed by atoms with Gasteiger partial charge in [0, 0.05) is 7.05 Å². The van der Waals surface area contributed by atoms with E-state index in [1.807, 2.05) is 18.7 Å². The molecule has 0 amide bonds. The number of nitrogens with one attached hydrogen (secondary N) is 1. The summed E-state index contributed by atoms with van der Waals surface area (Å²) in [5.41, 5.74) is 5.09. The molecule has 4 heteroatoms. The van der Waals surface area contributed by atoms with Crippen LogP contribution in [0.5, 0.6) is 0 Å². The Balaban J connectivity index is 2.61. The van der Waals surface area contributed by atoms with Gasteiger partial charge >= 0.3 is 0 Å². The quantitative estimate of drug-likeness (QED) is 0.428. The lowest BCUT2D eigenvalue weighted by molar-refractivity contribution is 0.458. The largest absolute Gasteiger partial charge is 0.271 e. The lowest BCUT2D eigenvalue weighted by Crippen LogP contribution is -2.29. The predicted molar refractivity (Wildman–Crippen MR) is 62.2 cm³/mol. The molecule has 0 aromatic carbocycles. The Morgan fingerprint density at radius 3 is 2.73 bits per heavy atom. The number of nitrogens with zero attached hydrogens (tertiary/aromatic N) is 2. The molecule has 0 aliphatic heterocycles. The Labute approximate surface area is 91.8 Å². The van der Waals surface area contributed by atoms with Gasteiger partial charge in [0.25, 0.3) is 0 Å². The van der Waals surface area contributed by atoms with E-state index in [1.54, 1.807) is 0 Å². The maximum atomic E-state index is 5.57. The van der Waals surface area contributed by atoms with Gasteiger partial charge in [0.05, 0.1) is 17.4 Å². The van der Waals surface area contributed by atoms with Gasteiger partial charge in [-0.05, 0) is 19.4 Å². The van der Waals surface area contributed by atoms with Gasteiger partial charge in [-0.3, -0.25) is 16.0 Å². The summed E-state index contributed by atoms with van der Waals surface area (Å²) in [5.74, 6) is 5.57. The summed E-state index contributed by atoms with van der Waals surface area (Å²) < 4.78 is 1.91. The summed E-state index contributed by atoms with van der Waals surface area (Å²) in [4.78, 5) is 0. The predicted octanol–water partition coefficient (Wildman–Crippen LogP) is 1.81. The lowest BCUT2D eigenvalue weighted by Gasteiger charge is -2.15. The van der Waals surface area contributed by atoms with Crippen LogP contribution in [-0.2, 0) is 7.05 Å². The summed E-state index contributed by atoms with van der Waals surface area (Å²) in [5, 5.41) is 4.33. The molecule has 0 radical (unpaired) electrons. The van der Waals surface area contributed by atoms with Crippen molar-refractivity contribution in [3.05, 3.63) is 17.5 Å². The normalized spacial score (nSPS) is 13.1. The van der Waals surface area contributed by atoms with Crippen LogP contribution in [0.4, 0.5) is 0 Å². The molecule has 3 N–H and O–H groups in total. The van der Waals surface area contributed by atoms with Crippen molar-refractivity contribution in [1.82, 2.24) is 15.2 Å². The molecule has 0 spiro atoms. The van der Waals surface area contributed by atoms with E-state index in [-0.39, 0.29) is 6.04 Å². The van der Waals surface area contributed by atoms with Gasteiger partial charge in [0.15, 0.2) is 0 Å². The second kappa shape index (κ2) is 5.88. The van der Waals surface area contributed by atoms with E-state index in [1.165, 1.54) is 25.0 Å². The van der Waals surface area contributed by atoms with E-state index in [4.69, 9.17) is 5.84 Å². The molecular formula is C11H22N4. The number of hydrogen-bond acceptors (Lipinski definition) is 3. The molecule has 0 aliphatic carbocycles. The molecule has 1 heterocycles. The highest BCUT2D eigenvalue weighted by atomic mass is 15.3. The number of unbranched alkanes of at least 4 members (excludes halogenated alkanes) is 2. The molecule has 0 bridgehead atoms. The zero-order valence-electron chi connectivity index (χ0n) is 9.95. The highest BCUT2D eigenvalue weighted by molar-refractivity contribution is 5.12. The van der Waals surface area contributed by atoms with E-state index in [2.05, 4.69) is 23.5 Å². The maximum absolute atomic E-state index is 5.57. The molecule has 0 aliphatic rings. The van der Waals surface area contributed by atoms with Crippen molar-refractivity contribution in [3.8, 4) is 0 Å². The van der Waals surface area contributed by atoms with Crippen LogP contribution in [0.1, 0.15) is 50.0 Å². The van der Waals surface area contributed by atoms with Crippen molar-refractivity contribution in [2.45, 2.75) is 45.6 Å². The minimum Gasteiger partial charge on any atom is -0.271 e. The molecule has 0 saturated carbocycles.